The quantitative estimate of drug-likeness (QED) is 0.632. The van der Waals surface area contributed by atoms with Gasteiger partial charge in [-0.25, -0.2) is 9.07 Å². The Bertz CT molecular complexity index is 1260. The van der Waals surface area contributed by atoms with Crippen molar-refractivity contribution in [3.05, 3.63) is 76.0 Å². The van der Waals surface area contributed by atoms with E-state index in [1.165, 1.54) is 16.8 Å². The molecule has 2 heterocycles. The first-order valence-corrected chi connectivity index (χ1v) is 10.8. The summed E-state index contributed by atoms with van der Waals surface area (Å²) in [7, 11) is 0. The summed E-state index contributed by atoms with van der Waals surface area (Å²) in [4.78, 5) is 41.3. The van der Waals surface area contributed by atoms with Gasteiger partial charge in [-0.3, -0.25) is 14.4 Å². The summed E-state index contributed by atoms with van der Waals surface area (Å²) in [6.45, 7) is 1.84. The van der Waals surface area contributed by atoms with Crippen molar-refractivity contribution in [2.75, 3.05) is 26.2 Å². The maximum atomic E-state index is 14.5. The van der Waals surface area contributed by atoms with Gasteiger partial charge in [-0.05, 0) is 36.6 Å². The van der Waals surface area contributed by atoms with E-state index in [4.69, 9.17) is 0 Å². The SMILES string of the molecule is O=C(c1cc(Cn2ncc3ccccc3c2=O)ccc1F)N1CCN(C(=O)C2CC2)CC1. The van der Waals surface area contributed by atoms with Crippen LogP contribution in [0.4, 0.5) is 4.39 Å². The van der Waals surface area contributed by atoms with Crippen LogP contribution in [0.3, 0.4) is 0 Å². The van der Waals surface area contributed by atoms with Gasteiger partial charge in [0.2, 0.25) is 5.91 Å². The monoisotopic (exact) mass is 434 g/mol. The summed E-state index contributed by atoms with van der Waals surface area (Å²) >= 11 is 0. The van der Waals surface area contributed by atoms with Crippen molar-refractivity contribution in [3.63, 3.8) is 0 Å². The molecule has 0 unspecified atom stereocenters. The molecule has 2 fully saturated rings. The van der Waals surface area contributed by atoms with E-state index >= 15 is 0 Å². The largest absolute Gasteiger partial charge is 0.339 e. The Morgan fingerprint density at radius 3 is 2.47 bits per heavy atom. The summed E-state index contributed by atoms with van der Waals surface area (Å²) in [5.41, 5.74) is 0.345. The van der Waals surface area contributed by atoms with Gasteiger partial charge >= 0.3 is 0 Å². The Morgan fingerprint density at radius 2 is 1.72 bits per heavy atom. The van der Waals surface area contributed by atoms with E-state index in [0.717, 1.165) is 18.2 Å². The molecule has 8 heteroatoms. The van der Waals surface area contributed by atoms with Crippen molar-refractivity contribution >= 4 is 22.6 Å². The third-order valence-corrected chi connectivity index (χ3v) is 6.16. The lowest BCUT2D eigenvalue weighted by molar-refractivity contribution is -0.134. The molecule has 1 saturated heterocycles. The molecule has 0 atom stereocenters. The Labute approximate surface area is 184 Å². The minimum Gasteiger partial charge on any atom is -0.339 e. The zero-order valence-corrected chi connectivity index (χ0v) is 17.5. The minimum absolute atomic E-state index is 0.0293. The van der Waals surface area contributed by atoms with E-state index in [1.807, 2.05) is 12.1 Å². The number of aromatic nitrogens is 2. The molecular formula is C24H23FN4O3. The average molecular weight is 434 g/mol. The summed E-state index contributed by atoms with van der Waals surface area (Å²) < 4.78 is 15.8. The second-order valence-corrected chi connectivity index (χ2v) is 8.40. The van der Waals surface area contributed by atoms with Crippen LogP contribution >= 0.6 is 0 Å². The number of fused-ring (bicyclic) bond motifs is 1. The molecule has 1 saturated carbocycles. The first kappa shape index (κ1) is 20.4. The molecule has 1 aromatic heterocycles. The first-order valence-electron chi connectivity index (χ1n) is 10.8. The first-order chi connectivity index (χ1) is 15.5. The lowest BCUT2D eigenvalue weighted by atomic mass is 10.1. The van der Waals surface area contributed by atoms with Crippen molar-refractivity contribution in [1.82, 2.24) is 19.6 Å². The van der Waals surface area contributed by atoms with Crippen LogP contribution < -0.4 is 5.56 Å². The fourth-order valence-corrected chi connectivity index (χ4v) is 4.14. The lowest BCUT2D eigenvalue weighted by Crippen LogP contribution is -2.51. The fourth-order valence-electron chi connectivity index (χ4n) is 4.14. The highest BCUT2D eigenvalue weighted by molar-refractivity contribution is 5.95. The number of amides is 2. The fraction of sp³-hybridized carbons (Fsp3) is 0.333. The molecule has 0 bridgehead atoms. The number of carbonyl (C=O) groups excluding carboxylic acids is 2. The second kappa shape index (κ2) is 8.18. The standard InChI is InChI=1S/C24H23FN4O3/c25-21-8-5-16(15-29-24(32)19-4-2-1-3-18(19)14-26-29)13-20(21)23(31)28-11-9-27(10-12-28)22(30)17-6-7-17/h1-5,8,13-14,17H,6-7,9-12,15H2. The second-order valence-electron chi connectivity index (χ2n) is 8.40. The van der Waals surface area contributed by atoms with Crippen LogP contribution in [-0.4, -0.2) is 57.6 Å². The van der Waals surface area contributed by atoms with Crippen LogP contribution in [0, 0.1) is 11.7 Å². The van der Waals surface area contributed by atoms with E-state index < -0.39 is 11.7 Å². The molecule has 2 aromatic carbocycles. The van der Waals surface area contributed by atoms with Gasteiger partial charge in [0, 0.05) is 37.5 Å². The molecule has 3 aromatic rings. The van der Waals surface area contributed by atoms with Crippen molar-refractivity contribution < 1.29 is 14.0 Å². The van der Waals surface area contributed by atoms with Crippen LogP contribution in [0.25, 0.3) is 10.8 Å². The molecule has 0 radical (unpaired) electrons. The molecule has 0 N–H and O–H groups in total. The van der Waals surface area contributed by atoms with Crippen molar-refractivity contribution in [2.24, 2.45) is 5.92 Å². The normalized spacial score (nSPS) is 16.4. The summed E-state index contributed by atoms with van der Waals surface area (Å²) in [6.07, 6.45) is 3.52. The maximum absolute atomic E-state index is 14.5. The summed E-state index contributed by atoms with van der Waals surface area (Å²) in [6, 6.07) is 11.5. The van der Waals surface area contributed by atoms with Gasteiger partial charge in [0.05, 0.1) is 23.7 Å². The highest BCUT2D eigenvalue weighted by atomic mass is 19.1. The zero-order valence-electron chi connectivity index (χ0n) is 17.5. The lowest BCUT2D eigenvalue weighted by Gasteiger charge is -2.35. The van der Waals surface area contributed by atoms with E-state index in [1.54, 1.807) is 34.2 Å². The number of benzene rings is 2. The van der Waals surface area contributed by atoms with E-state index in [0.29, 0.717) is 37.1 Å². The topological polar surface area (TPSA) is 75.5 Å². The van der Waals surface area contributed by atoms with Crippen LogP contribution in [0.1, 0.15) is 28.8 Å². The number of hydrogen-bond donors (Lipinski definition) is 0. The van der Waals surface area contributed by atoms with Crippen LogP contribution in [0.15, 0.2) is 53.5 Å². The van der Waals surface area contributed by atoms with E-state index in [-0.39, 0.29) is 29.5 Å². The molecular weight excluding hydrogens is 411 g/mol. The molecule has 5 rings (SSSR count). The Balaban J connectivity index is 1.33. The number of piperazine rings is 1. The highest BCUT2D eigenvalue weighted by Crippen LogP contribution is 2.31. The van der Waals surface area contributed by atoms with Gasteiger partial charge in [-0.2, -0.15) is 5.10 Å². The number of carbonyl (C=O) groups is 2. The molecule has 2 aliphatic rings. The number of nitrogens with zero attached hydrogens (tertiary/aromatic N) is 4. The number of halogens is 1. The predicted molar refractivity (Wildman–Crippen MR) is 117 cm³/mol. The van der Waals surface area contributed by atoms with Crippen LogP contribution in [0.5, 0.6) is 0 Å². The van der Waals surface area contributed by atoms with Crippen LogP contribution in [-0.2, 0) is 11.3 Å². The third kappa shape index (κ3) is 3.88. The summed E-state index contributed by atoms with van der Waals surface area (Å²) in [5, 5.41) is 5.52. The number of hydrogen-bond acceptors (Lipinski definition) is 4. The highest BCUT2D eigenvalue weighted by Gasteiger charge is 2.35. The van der Waals surface area contributed by atoms with E-state index in [9.17, 15) is 18.8 Å². The van der Waals surface area contributed by atoms with Gasteiger partial charge in [0.15, 0.2) is 0 Å². The predicted octanol–water partition coefficient (Wildman–Crippen LogP) is 2.28. The molecule has 32 heavy (non-hydrogen) atoms. The van der Waals surface area contributed by atoms with Gasteiger partial charge < -0.3 is 9.80 Å². The molecule has 1 aliphatic heterocycles. The Morgan fingerprint density at radius 1 is 1.00 bits per heavy atom. The Hall–Kier alpha value is -3.55. The summed E-state index contributed by atoms with van der Waals surface area (Å²) in [5.74, 6) is -0.687. The van der Waals surface area contributed by atoms with E-state index in [2.05, 4.69) is 5.10 Å². The van der Waals surface area contributed by atoms with Crippen molar-refractivity contribution in [2.45, 2.75) is 19.4 Å². The average Bonchev–Trinajstić information content (AvgIpc) is 3.67. The Kier molecular flexibility index (Phi) is 5.20. The molecule has 7 nitrogen and oxygen atoms in total. The molecule has 2 amide bonds. The van der Waals surface area contributed by atoms with Gasteiger partial charge in [0.25, 0.3) is 11.5 Å². The van der Waals surface area contributed by atoms with Crippen molar-refractivity contribution in [3.8, 4) is 0 Å². The molecule has 1 aliphatic carbocycles. The molecule has 164 valence electrons. The van der Waals surface area contributed by atoms with Crippen LogP contribution in [0.2, 0.25) is 0 Å². The minimum atomic E-state index is -0.603. The smallest absolute Gasteiger partial charge is 0.274 e. The zero-order chi connectivity index (χ0) is 22.2. The third-order valence-electron chi connectivity index (χ3n) is 6.16. The van der Waals surface area contributed by atoms with Gasteiger partial charge in [-0.15, -0.1) is 0 Å². The van der Waals surface area contributed by atoms with Gasteiger partial charge in [-0.1, -0.05) is 24.3 Å². The maximum Gasteiger partial charge on any atom is 0.274 e. The number of rotatable bonds is 4. The van der Waals surface area contributed by atoms with Gasteiger partial charge in [0.1, 0.15) is 5.82 Å². The van der Waals surface area contributed by atoms with Crippen molar-refractivity contribution in [1.29, 1.82) is 0 Å². The molecule has 0 spiro atoms.